The second-order valence-corrected chi connectivity index (χ2v) is 5.16. The zero-order valence-corrected chi connectivity index (χ0v) is 12.2. The molecule has 0 aliphatic carbocycles. The molecular formula is C15H16ClN3O. The van der Waals surface area contributed by atoms with Gasteiger partial charge in [-0.3, -0.25) is 0 Å². The summed E-state index contributed by atoms with van der Waals surface area (Å²) in [5, 5.41) is 18.8. The summed E-state index contributed by atoms with van der Waals surface area (Å²) in [5.41, 5.74) is 2.26. The average molecular weight is 290 g/mol. The highest BCUT2D eigenvalue weighted by Crippen LogP contribution is 2.26. The Bertz CT molecular complexity index is 609. The van der Waals surface area contributed by atoms with Crippen molar-refractivity contribution < 1.29 is 5.11 Å². The zero-order valence-electron chi connectivity index (χ0n) is 11.4. The van der Waals surface area contributed by atoms with Gasteiger partial charge in [-0.05, 0) is 56.6 Å². The lowest BCUT2D eigenvalue weighted by Crippen LogP contribution is -2.10. The Kier molecular flexibility index (Phi) is 4.71. The van der Waals surface area contributed by atoms with Crippen LogP contribution in [0, 0.1) is 0 Å². The number of aromatic hydroxyl groups is 1. The summed E-state index contributed by atoms with van der Waals surface area (Å²) in [6.45, 7) is 0.649. The van der Waals surface area contributed by atoms with Crippen molar-refractivity contribution in [3.63, 3.8) is 0 Å². The van der Waals surface area contributed by atoms with Gasteiger partial charge in [0.15, 0.2) is 0 Å². The fourth-order valence-corrected chi connectivity index (χ4v) is 1.85. The van der Waals surface area contributed by atoms with Gasteiger partial charge in [-0.15, -0.1) is 0 Å². The number of nitrogens with zero attached hydrogens (tertiary/aromatic N) is 3. The third-order valence-corrected chi connectivity index (χ3v) is 2.91. The maximum atomic E-state index is 9.79. The third-order valence-electron chi connectivity index (χ3n) is 2.66. The second-order valence-electron chi connectivity index (χ2n) is 4.73. The van der Waals surface area contributed by atoms with Crippen LogP contribution in [-0.2, 0) is 6.54 Å². The predicted molar refractivity (Wildman–Crippen MR) is 81.1 cm³/mol. The van der Waals surface area contributed by atoms with E-state index in [0.29, 0.717) is 17.3 Å². The molecule has 0 fully saturated rings. The first-order chi connectivity index (χ1) is 9.54. The highest BCUT2D eigenvalue weighted by Gasteiger charge is 2.03. The molecule has 0 bridgehead atoms. The van der Waals surface area contributed by atoms with Crippen LogP contribution < -0.4 is 0 Å². The highest BCUT2D eigenvalue weighted by molar-refractivity contribution is 6.30. The zero-order chi connectivity index (χ0) is 14.5. The molecule has 0 amide bonds. The summed E-state index contributed by atoms with van der Waals surface area (Å²) in [6, 6.07) is 12.3. The highest BCUT2D eigenvalue weighted by atomic mass is 35.5. The molecule has 5 heteroatoms. The maximum absolute atomic E-state index is 9.79. The van der Waals surface area contributed by atoms with Crippen molar-refractivity contribution in [2.75, 3.05) is 14.1 Å². The van der Waals surface area contributed by atoms with Gasteiger partial charge in [-0.25, -0.2) is 0 Å². The summed E-state index contributed by atoms with van der Waals surface area (Å²) >= 11 is 5.81. The summed E-state index contributed by atoms with van der Waals surface area (Å²) in [5.74, 6) is 0.268. The SMILES string of the molecule is CN(C)Cc1cc(N=Nc2ccc(Cl)cc2)ccc1O. The van der Waals surface area contributed by atoms with Crippen molar-refractivity contribution in [3.05, 3.63) is 53.1 Å². The van der Waals surface area contributed by atoms with Crippen LogP contribution in [0.15, 0.2) is 52.7 Å². The fourth-order valence-electron chi connectivity index (χ4n) is 1.72. The van der Waals surface area contributed by atoms with Gasteiger partial charge in [0.2, 0.25) is 0 Å². The summed E-state index contributed by atoms with van der Waals surface area (Å²) in [7, 11) is 3.89. The topological polar surface area (TPSA) is 48.2 Å². The molecule has 0 heterocycles. The molecule has 0 aliphatic rings. The Morgan fingerprint density at radius 2 is 1.60 bits per heavy atom. The van der Waals surface area contributed by atoms with Crippen LogP contribution in [0.3, 0.4) is 0 Å². The number of hydrogen-bond acceptors (Lipinski definition) is 4. The van der Waals surface area contributed by atoms with Crippen molar-refractivity contribution in [1.29, 1.82) is 0 Å². The van der Waals surface area contributed by atoms with Crippen molar-refractivity contribution in [1.82, 2.24) is 4.90 Å². The number of hydrogen-bond donors (Lipinski definition) is 1. The first-order valence-electron chi connectivity index (χ1n) is 6.18. The van der Waals surface area contributed by atoms with Gasteiger partial charge in [0.1, 0.15) is 5.75 Å². The van der Waals surface area contributed by atoms with Gasteiger partial charge in [0.25, 0.3) is 0 Å². The van der Waals surface area contributed by atoms with Crippen molar-refractivity contribution in [3.8, 4) is 5.75 Å². The molecule has 0 aromatic heterocycles. The van der Waals surface area contributed by atoms with E-state index in [0.717, 1.165) is 11.3 Å². The Balaban J connectivity index is 2.18. The third kappa shape index (κ3) is 4.05. The number of phenols is 1. The lowest BCUT2D eigenvalue weighted by Gasteiger charge is -2.11. The first-order valence-corrected chi connectivity index (χ1v) is 6.56. The lowest BCUT2D eigenvalue weighted by atomic mass is 10.1. The summed E-state index contributed by atoms with van der Waals surface area (Å²) in [6.07, 6.45) is 0. The van der Waals surface area contributed by atoms with Gasteiger partial charge in [0, 0.05) is 17.1 Å². The standard InChI is InChI=1S/C15H16ClN3O/c1-19(2)10-11-9-14(7-8-15(11)20)18-17-13-5-3-12(16)4-6-13/h3-9,20H,10H2,1-2H3. The maximum Gasteiger partial charge on any atom is 0.120 e. The van der Waals surface area contributed by atoms with E-state index in [1.165, 1.54) is 0 Å². The van der Waals surface area contributed by atoms with E-state index in [4.69, 9.17) is 11.6 Å². The predicted octanol–water partition coefficient (Wildman–Crippen LogP) is 4.52. The minimum atomic E-state index is 0.268. The van der Waals surface area contributed by atoms with Crippen molar-refractivity contribution >= 4 is 23.0 Å². The van der Waals surface area contributed by atoms with Crippen LogP contribution in [0.2, 0.25) is 5.02 Å². The van der Waals surface area contributed by atoms with E-state index in [1.54, 1.807) is 36.4 Å². The Morgan fingerprint density at radius 3 is 2.25 bits per heavy atom. The minimum Gasteiger partial charge on any atom is -0.508 e. The normalized spacial score (nSPS) is 11.4. The minimum absolute atomic E-state index is 0.268. The molecule has 0 spiro atoms. The molecule has 0 radical (unpaired) electrons. The summed E-state index contributed by atoms with van der Waals surface area (Å²) in [4.78, 5) is 1.98. The Morgan fingerprint density at radius 1 is 1.00 bits per heavy atom. The van der Waals surface area contributed by atoms with Crippen LogP contribution >= 0.6 is 11.6 Å². The average Bonchev–Trinajstić information content (AvgIpc) is 2.41. The Labute approximate surface area is 123 Å². The van der Waals surface area contributed by atoms with E-state index in [1.807, 2.05) is 25.1 Å². The molecule has 2 aromatic rings. The molecule has 4 nitrogen and oxygen atoms in total. The molecule has 20 heavy (non-hydrogen) atoms. The fraction of sp³-hybridized carbons (Fsp3) is 0.200. The van der Waals surface area contributed by atoms with E-state index < -0.39 is 0 Å². The summed E-state index contributed by atoms with van der Waals surface area (Å²) < 4.78 is 0. The van der Waals surface area contributed by atoms with E-state index >= 15 is 0 Å². The molecule has 2 rings (SSSR count). The molecular weight excluding hydrogens is 274 g/mol. The van der Waals surface area contributed by atoms with Crippen molar-refractivity contribution in [2.45, 2.75) is 6.54 Å². The number of benzene rings is 2. The molecule has 0 atom stereocenters. The van der Waals surface area contributed by atoms with Crippen LogP contribution in [-0.4, -0.2) is 24.1 Å². The van der Waals surface area contributed by atoms with Gasteiger partial charge in [0.05, 0.1) is 11.4 Å². The van der Waals surface area contributed by atoms with Gasteiger partial charge in [-0.2, -0.15) is 10.2 Å². The van der Waals surface area contributed by atoms with Crippen LogP contribution in [0.25, 0.3) is 0 Å². The number of rotatable bonds is 4. The molecule has 0 aliphatic heterocycles. The molecule has 2 aromatic carbocycles. The molecule has 1 N–H and O–H groups in total. The molecule has 104 valence electrons. The van der Waals surface area contributed by atoms with Gasteiger partial charge >= 0.3 is 0 Å². The van der Waals surface area contributed by atoms with Crippen LogP contribution in [0.5, 0.6) is 5.75 Å². The van der Waals surface area contributed by atoms with Gasteiger partial charge < -0.3 is 10.0 Å². The van der Waals surface area contributed by atoms with Crippen LogP contribution in [0.4, 0.5) is 11.4 Å². The van der Waals surface area contributed by atoms with Gasteiger partial charge in [-0.1, -0.05) is 11.6 Å². The monoisotopic (exact) mass is 289 g/mol. The number of phenolic OH excluding ortho intramolecular Hbond substituents is 1. The molecule has 0 unspecified atom stereocenters. The molecule has 0 saturated carbocycles. The van der Waals surface area contributed by atoms with Crippen molar-refractivity contribution in [2.24, 2.45) is 10.2 Å². The number of halogens is 1. The smallest absolute Gasteiger partial charge is 0.120 e. The van der Waals surface area contributed by atoms with E-state index in [2.05, 4.69) is 10.2 Å². The largest absolute Gasteiger partial charge is 0.508 e. The van der Waals surface area contributed by atoms with E-state index in [9.17, 15) is 5.11 Å². The van der Waals surface area contributed by atoms with E-state index in [-0.39, 0.29) is 5.75 Å². The quantitative estimate of drug-likeness (QED) is 0.841. The first kappa shape index (κ1) is 14.5. The Hall–Kier alpha value is -1.91. The van der Waals surface area contributed by atoms with Crippen LogP contribution in [0.1, 0.15) is 5.56 Å². The number of azo groups is 1. The molecule has 0 saturated heterocycles. The second kappa shape index (κ2) is 6.50. The lowest BCUT2D eigenvalue weighted by molar-refractivity contribution is 0.386.